The highest BCUT2D eigenvalue weighted by atomic mass is 16.3. The molecule has 2 fully saturated rings. The highest BCUT2D eigenvalue weighted by Gasteiger charge is 2.32. The number of anilines is 1. The Morgan fingerprint density at radius 1 is 0.758 bits per heavy atom. The van der Waals surface area contributed by atoms with E-state index in [1.807, 2.05) is 64.4 Å². The molecule has 0 aromatic heterocycles. The van der Waals surface area contributed by atoms with E-state index in [-0.39, 0.29) is 23.5 Å². The molecule has 2 aliphatic heterocycles. The number of phenolic OH excluding ortho intramolecular Hbond substituents is 1. The van der Waals surface area contributed by atoms with E-state index in [9.17, 15) is 14.7 Å². The van der Waals surface area contributed by atoms with E-state index in [1.165, 1.54) is 0 Å². The van der Waals surface area contributed by atoms with Gasteiger partial charge in [0.1, 0.15) is 5.75 Å². The molecule has 33 heavy (non-hydrogen) atoms. The fourth-order valence-corrected chi connectivity index (χ4v) is 5.04. The number of likely N-dealkylation sites (tertiary alicyclic amines) is 1. The van der Waals surface area contributed by atoms with E-state index >= 15 is 0 Å². The molecule has 0 atom stereocenters. The second-order valence-corrected chi connectivity index (χ2v) is 8.93. The number of hydrogen-bond acceptors (Lipinski definition) is 4. The molecule has 0 spiro atoms. The fourth-order valence-electron chi connectivity index (χ4n) is 5.04. The smallest absolute Gasteiger partial charge is 0.254 e. The lowest BCUT2D eigenvalue weighted by Gasteiger charge is -2.39. The van der Waals surface area contributed by atoms with Crippen LogP contribution in [-0.4, -0.2) is 66.0 Å². The molecule has 2 saturated heterocycles. The molecule has 0 unspecified atom stereocenters. The van der Waals surface area contributed by atoms with Crippen LogP contribution < -0.4 is 4.90 Å². The Hall–Kier alpha value is -3.54. The normalized spacial score (nSPS) is 17.4. The summed E-state index contributed by atoms with van der Waals surface area (Å²) in [5.74, 6) is 0.505. The maximum Gasteiger partial charge on any atom is 0.254 e. The Bertz CT molecular complexity index is 1160. The van der Waals surface area contributed by atoms with E-state index in [2.05, 4.69) is 4.90 Å². The molecule has 170 valence electrons. The molecule has 0 radical (unpaired) electrons. The summed E-state index contributed by atoms with van der Waals surface area (Å²) in [5.41, 5.74) is 1.73. The minimum absolute atomic E-state index is 0.0195. The average molecular weight is 444 g/mol. The highest BCUT2D eigenvalue weighted by Crippen LogP contribution is 2.26. The Morgan fingerprint density at radius 3 is 2.21 bits per heavy atom. The van der Waals surface area contributed by atoms with Crippen LogP contribution >= 0.6 is 0 Å². The SMILES string of the molecule is O=C(c1cccc2ccccc12)N1CCC(C(=O)N2CCN(c3cccc(O)c3)CC2)CC1. The van der Waals surface area contributed by atoms with Crippen LogP contribution in [0.2, 0.25) is 0 Å². The third-order valence-corrected chi connectivity index (χ3v) is 6.94. The lowest BCUT2D eigenvalue weighted by atomic mass is 9.94. The number of carbonyl (C=O) groups excluding carboxylic acids is 2. The number of piperidine rings is 1. The van der Waals surface area contributed by atoms with E-state index in [4.69, 9.17) is 0 Å². The van der Waals surface area contributed by atoms with Crippen molar-refractivity contribution in [1.29, 1.82) is 0 Å². The van der Waals surface area contributed by atoms with Crippen molar-refractivity contribution in [3.8, 4) is 5.75 Å². The number of benzene rings is 3. The Labute approximate surface area is 194 Å². The van der Waals surface area contributed by atoms with Gasteiger partial charge in [-0.15, -0.1) is 0 Å². The average Bonchev–Trinajstić information content (AvgIpc) is 2.88. The van der Waals surface area contributed by atoms with Crippen molar-refractivity contribution in [2.75, 3.05) is 44.2 Å². The molecule has 2 amide bonds. The van der Waals surface area contributed by atoms with Gasteiger partial charge in [-0.25, -0.2) is 0 Å². The Balaban J connectivity index is 1.17. The molecule has 3 aromatic rings. The summed E-state index contributed by atoms with van der Waals surface area (Å²) in [6, 6.07) is 21.1. The monoisotopic (exact) mass is 443 g/mol. The molecule has 2 heterocycles. The van der Waals surface area contributed by atoms with Crippen molar-refractivity contribution < 1.29 is 14.7 Å². The van der Waals surface area contributed by atoms with Crippen LogP contribution in [0.1, 0.15) is 23.2 Å². The Morgan fingerprint density at radius 2 is 1.45 bits per heavy atom. The highest BCUT2D eigenvalue weighted by molar-refractivity contribution is 6.07. The fraction of sp³-hybridized carbons (Fsp3) is 0.333. The van der Waals surface area contributed by atoms with E-state index in [1.54, 1.807) is 12.1 Å². The van der Waals surface area contributed by atoms with Gasteiger partial charge in [-0.1, -0.05) is 42.5 Å². The summed E-state index contributed by atoms with van der Waals surface area (Å²) in [7, 11) is 0. The first-order chi connectivity index (χ1) is 16.1. The zero-order valence-electron chi connectivity index (χ0n) is 18.7. The molecule has 6 heteroatoms. The van der Waals surface area contributed by atoms with E-state index in [0.29, 0.717) is 39.0 Å². The molecule has 2 aliphatic rings. The van der Waals surface area contributed by atoms with Crippen LogP contribution in [0.25, 0.3) is 10.8 Å². The number of phenols is 1. The van der Waals surface area contributed by atoms with Crippen LogP contribution in [0.3, 0.4) is 0 Å². The molecule has 0 bridgehead atoms. The summed E-state index contributed by atoms with van der Waals surface area (Å²) in [6.45, 7) is 4.11. The number of amides is 2. The van der Waals surface area contributed by atoms with Gasteiger partial charge in [-0.05, 0) is 41.8 Å². The van der Waals surface area contributed by atoms with Crippen molar-refractivity contribution >= 4 is 28.3 Å². The standard InChI is InChI=1S/C27H29N3O3/c31-23-8-4-7-22(19-23)28-15-17-30(18-16-28)26(32)21-11-13-29(14-12-21)27(33)25-10-3-6-20-5-1-2-9-24(20)25/h1-10,19,21,31H,11-18H2. The molecular weight excluding hydrogens is 414 g/mol. The van der Waals surface area contributed by atoms with Gasteiger partial charge < -0.3 is 19.8 Å². The van der Waals surface area contributed by atoms with Crippen LogP contribution in [0.15, 0.2) is 66.7 Å². The second kappa shape index (κ2) is 9.14. The van der Waals surface area contributed by atoms with Gasteiger partial charge in [-0.2, -0.15) is 0 Å². The maximum atomic E-state index is 13.2. The summed E-state index contributed by atoms with van der Waals surface area (Å²) in [6.07, 6.45) is 1.42. The second-order valence-electron chi connectivity index (χ2n) is 8.93. The maximum absolute atomic E-state index is 13.2. The van der Waals surface area contributed by atoms with Crippen molar-refractivity contribution in [3.05, 3.63) is 72.3 Å². The number of nitrogens with zero attached hydrogens (tertiary/aromatic N) is 3. The van der Waals surface area contributed by atoms with Crippen molar-refractivity contribution in [1.82, 2.24) is 9.80 Å². The van der Waals surface area contributed by atoms with Gasteiger partial charge in [-0.3, -0.25) is 9.59 Å². The first kappa shape index (κ1) is 21.3. The van der Waals surface area contributed by atoms with E-state index < -0.39 is 0 Å². The first-order valence-electron chi connectivity index (χ1n) is 11.7. The van der Waals surface area contributed by atoms with Crippen LogP contribution in [0, 0.1) is 5.92 Å². The van der Waals surface area contributed by atoms with Crippen molar-refractivity contribution in [3.63, 3.8) is 0 Å². The van der Waals surface area contributed by atoms with Crippen LogP contribution in [0.4, 0.5) is 5.69 Å². The van der Waals surface area contributed by atoms with Gasteiger partial charge in [0, 0.05) is 62.5 Å². The molecule has 3 aromatic carbocycles. The number of hydrogen-bond donors (Lipinski definition) is 1. The van der Waals surface area contributed by atoms with Crippen LogP contribution in [0.5, 0.6) is 5.75 Å². The molecule has 5 rings (SSSR count). The number of fused-ring (bicyclic) bond motifs is 1. The van der Waals surface area contributed by atoms with Gasteiger partial charge in [0.2, 0.25) is 5.91 Å². The minimum atomic E-state index is -0.0195. The van der Waals surface area contributed by atoms with Gasteiger partial charge in [0.25, 0.3) is 5.91 Å². The third-order valence-electron chi connectivity index (χ3n) is 6.94. The molecule has 6 nitrogen and oxygen atoms in total. The number of rotatable bonds is 3. The molecule has 1 N–H and O–H groups in total. The summed E-state index contributed by atoms with van der Waals surface area (Å²) >= 11 is 0. The lowest BCUT2D eigenvalue weighted by molar-refractivity contribution is -0.137. The topological polar surface area (TPSA) is 64.1 Å². The quantitative estimate of drug-likeness (QED) is 0.670. The first-order valence-corrected chi connectivity index (χ1v) is 11.7. The molecule has 0 aliphatic carbocycles. The zero-order valence-corrected chi connectivity index (χ0v) is 18.7. The van der Waals surface area contributed by atoms with Crippen molar-refractivity contribution in [2.24, 2.45) is 5.92 Å². The molecule has 0 saturated carbocycles. The minimum Gasteiger partial charge on any atom is -0.508 e. The largest absolute Gasteiger partial charge is 0.508 e. The predicted octanol–water partition coefficient (Wildman–Crippen LogP) is 3.75. The Kier molecular flexibility index (Phi) is 5.90. The predicted molar refractivity (Wildman–Crippen MR) is 129 cm³/mol. The number of piperazine rings is 1. The summed E-state index contributed by atoms with van der Waals surface area (Å²) < 4.78 is 0. The van der Waals surface area contributed by atoms with Gasteiger partial charge >= 0.3 is 0 Å². The van der Waals surface area contributed by atoms with Gasteiger partial charge in [0.15, 0.2) is 0 Å². The van der Waals surface area contributed by atoms with Gasteiger partial charge in [0.05, 0.1) is 0 Å². The van der Waals surface area contributed by atoms with E-state index in [0.717, 1.165) is 35.1 Å². The number of carbonyl (C=O) groups is 2. The van der Waals surface area contributed by atoms with Crippen LogP contribution in [-0.2, 0) is 4.79 Å². The summed E-state index contributed by atoms with van der Waals surface area (Å²) in [5, 5.41) is 11.8. The molecular formula is C27H29N3O3. The third kappa shape index (κ3) is 4.38. The summed E-state index contributed by atoms with van der Waals surface area (Å²) in [4.78, 5) is 32.4. The number of aromatic hydroxyl groups is 1. The van der Waals surface area contributed by atoms with Crippen molar-refractivity contribution in [2.45, 2.75) is 12.8 Å². The lowest BCUT2D eigenvalue weighted by Crippen LogP contribution is -2.52. The zero-order chi connectivity index (χ0) is 22.8.